The largest absolute Gasteiger partial charge is 0.490 e. The lowest BCUT2D eigenvalue weighted by atomic mass is 10.0. The van der Waals surface area contributed by atoms with E-state index < -0.39 is 4.92 Å². The average molecular weight is 237 g/mol. The number of benzene rings is 1. The molecule has 0 spiro atoms. The zero-order valence-electron chi connectivity index (χ0n) is 9.88. The standard InChI is InChI=1S/C12H15NO4/c1-16-11-6-5-9(7-10(11)13(14)15)12(17-2)8-3-4-8/h5-8,12H,3-4H2,1-2H3. The number of ether oxygens (including phenoxy) is 2. The Hall–Kier alpha value is -1.62. The molecule has 1 saturated carbocycles. The van der Waals surface area contributed by atoms with Crippen LogP contribution < -0.4 is 4.74 Å². The molecule has 1 unspecified atom stereocenters. The molecule has 0 saturated heterocycles. The molecule has 5 nitrogen and oxygen atoms in total. The average Bonchev–Trinajstić information content (AvgIpc) is 3.14. The molecule has 0 N–H and O–H groups in total. The van der Waals surface area contributed by atoms with Crippen LogP contribution in [0.25, 0.3) is 0 Å². The molecule has 0 aromatic heterocycles. The summed E-state index contributed by atoms with van der Waals surface area (Å²) in [5.74, 6) is 0.775. The van der Waals surface area contributed by atoms with Crippen molar-refractivity contribution in [2.75, 3.05) is 14.2 Å². The van der Waals surface area contributed by atoms with Crippen LogP contribution in [0.1, 0.15) is 24.5 Å². The van der Waals surface area contributed by atoms with Gasteiger partial charge in [0.15, 0.2) is 5.75 Å². The summed E-state index contributed by atoms with van der Waals surface area (Å²) in [7, 11) is 3.07. The zero-order valence-corrected chi connectivity index (χ0v) is 9.88. The molecule has 0 radical (unpaired) electrons. The highest BCUT2D eigenvalue weighted by Crippen LogP contribution is 2.44. The van der Waals surface area contributed by atoms with Gasteiger partial charge in [-0.05, 0) is 30.4 Å². The molecule has 0 bridgehead atoms. The van der Waals surface area contributed by atoms with E-state index in [1.54, 1.807) is 19.2 Å². The highest BCUT2D eigenvalue weighted by Gasteiger charge is 2.33. The third-order valence-electron chi connectivity index (χ3n) is 3.03. The van der Waals surface area contributed by atoms with E-state index in [1.807, 2.05) is 6.07 Å². The minimum Gasteiger partial charge on any atom is -0.490 e. The molecule has 0 aliphatic heterocycles. The minimum absolute atomic E-state index is 0.00676. The van der Waals surface area contributed by atoms with E-state index in [1.165, 1.54) is 7.11 Å². The van der Waals surface area contributed by atoms with Crippen molar-refractivity contribution < 1.29 is 14.4 Å². The molecular formula is C12H15NO4. The fourth-order valence-electron chi connectivity index (χ4n) is 2.03. The number of nitrogens with zero attached hydrogens (tertiary/aromatic N) is 1. The van der Waals surface area contributed by atoms with E-state index in [4.69, 9.17) is 9.47 Å². The Morgan fingerprint density at radius 1 is 1.41 bits per heavy atom. The molecule has 17 heavy (non-hydrogen) atoms. The Balaban J connectivity index is 2.35. The van der Waals surface area contributed by atoms with E-state index in [-0.39, 0.29) is 17.5 Å². The van der Waals surface area contributed by atoms with Crippen molar-refractivity contribution in [2.24, 2.45) is 5.92 Å². The van der Waals surface area contributed by atoms with Gasteiger partial charge in [-0.15, -0.1) is 0 Å². The minimum atomic E-state index is -0.429. The van der Waals surface area contributed by atoms with E-state index in [2.05, 4.69) is 0 Å². The van der Waals surface area contributed by atoms with Gasteiger partial charge in [-0.3, -0.25) is 10.1 Å². The molecule has 1 atom stereocenters. The van der Waals surface area contributed by atoms with E-state index in [0.29, 0.717) is 5.92 Å². The monoisotopic (exact) mass is 237 g/mol. The number of rotatable bonds is 5. The van der Waals surface area contributed by atoms with Crippen LogP contribution in [0.2, 0.25) is 0 Å². The van der Waals surface area contributed by atoms with Gasteiger partial charge in [-0.25, -0.2) is 0 Å². The molecule has 2 rings (SSSR count). The summed E-state index contributed by atoms with van der Waals surface area (Å²) < 4.78 is 10.4. The van der Waals surface area contributed by atoms with Crippen molar-refractivity contribution in [1.29, 1.82) is 0 Å². The molecule has 92 valence electrons. The maximum atomic E-state index is 10.9. The van der Waals surface area contributed by atoms with E-state index in [9.17, 15) is 10.1 Å². The van der Waals surface area contributed by atoms with Gasteiger partial charge >= 0.3 is 5.69 Å². The lowest BCUT2D eigenvalue weighted by Crippen LogP contribution is -2.05. The summed E-state index contributed by atoms with van der Waals surface area (Å²) in [6, 6.07) is 5.01. The summed E-state index contributed by atoms with van der Waals surface area (Å²) >= 11 is 0. The third kappa shape index (κ3) is 2.39. The second-order valence-electron chi connectivity index (χ2n) is 4.18. The third-order valence-corrected chi connectivity index (χ3v) is 3.03. The van der Waals surface area contributed by atoms with Gasteiger partial charge in [0.1, 0.15) is 0 Å². The van der Waals surface area contributed by atoms with Crippen molar-refractivity contribution in [3.05, 3.63) is 33.9 Å². The van der Waals surface area contributed by atoms with Crippen LogP contribution in [0, 0.1) is 16.0 Å². The van der Waals surface area contributed by atoms with Crippen molar-refractivity contribution in [3.8, 4) is 5.75 Å². The predicted molar refractivity (Wildman–Crippen MR) is 62.1 cm³/mol. The van der Waals surface area contributed by atoms with E-state index >= 15 is 0 Å². The quantitative estimate of drug-likeness (QED) is 0.583. The van der Waals surface area contributed by atoms with Crippen LogP contribution in [0.4, 0.5) is 5.69 Å². The molecule has 1 aromatic carbocycles. The van der Waals surface area contributed by atoms with Crippen LogP contribution in [0.3, 0.4) is 0 Å². The van der Waals surface area contributed by atoms with Crippen molar-refractivity contribution >= 4 is 5.69 Å². The van der Waals surface area contributed by atoms with Crippen molar-refractivity contribution in [1.82, 2.24) is 0 Å². The first-order valence-corrected chi connectivity index (χ1v) is 5.52. The number of methoxy groups -OCH3 is 2. The van der Waals surface area contributed by atoms with Crippen LogP contribution in [-0.2, 0) is 4.74 Å². The van der Waals surface area contributed by atoms with Gasteiger partial charge in [0.05, 0.1) is 18.1 Å². The van der Waals surface area contributed by atoms with Crippen molar-refractivity contribution in [3.63, 3.8) is 0 Å². The summed E-state index contributed by atoms with van der Waals surface area (Å²) in [5, 5.41) is 10.9. The van der Waals surface area contributed by atoms with Gasteiger partial charge < -0.3 is 9.47 Å². The summed E-state index contributed by atoms with van der Waals surface area (Å²) in [6.45, 7) is 0. The molecule has 1 aliphatic rings. The molecule has 1 aliphatic carbocycles. The number of hydrogen-bond acceptors (Lipinski definition) is 4. The molecule has 0 heterocycles. The second kappa shape index (κ2) is 4.71. The first-order valence-electron chi connectivity index (χ1n) is 5.52. The smallest absolute Gasteiger partial charge is 0.311 e. The lowest BCUT2D eigenvalue weighted by molar-refractivity contribution is -0.385. The normalized spacial score (nSPS) is 16.6. The van der Waals surface area contributed by atoms with Crippen LogP contribution >= 0.6 is 0 Å². The Morgan fingerprint density at radius 3 is 2.59 bits per heavy atom. The Bertz CT molecular complexity index is 429. The van der Waals surface area contributed by atoms with Gasteiger partial charge in [0.2, 0.25) is 0 Å². The maximum absolute atomic E-state index is 10.9. The summed E-state index contributed by atoms with van der Waals surface area (Å²) in [4.78, 5) is 10.5. The first-order chi connectivity index (χ1) is 8.17. The number of nitro benzene ring substituents is 1. The van der Waals surface area contributed by atoms with Gasteiger partial charge in [-0.2, -0.15) is 0 Å². The Labute approximate surface area is 99.5 Å². The predicted octanol–water partition coefficient (Wildman–Crippen LogP) is 2.70. The zero-order chi connectivity index (χ0) is 12.4. The molecule has 1 aromatic rings. The van der Waals surface area contributed by atoms with Gasteiger partial charge in [-0.1, -0.05) is 6.07 Å². The summed E-state index contributed by atoms with van der Waals surface area (Å²) in [6.07, 6.45) is 2.20. The number of hydrogen-bond donors (Lipinski definition) is 0. The topological polar surface area (TPSA) is 61.6 Å². The highest BCUT2D eigenvalue weighted by molar-refractivity contribution is 5.49. The maximum Gasteiger partial charge on any atom is 0.311 e. The molecule has 0 amide bonds. The molecular weight excluding hydrogens is 222 g/mol. The fraction of sp³-hybridized carbons (Fsp3) is 0.500. The van der Waals surface area contributed by atoms with Gasteiger partial charge in [0.25, 0.3) is 0 Å². The first kappa shape index (κ1) is 11.9. The second-order valence-corrected chi connectivity index (χ2v) is 4.18. The van der Waals surface area contributed by atoms with Crippen molar-refractivity contribution in [2.45, 2.75) is 18.9 Å². The lowest BCUT2D eigenvalue weighted by Gasteiger charge is -2.15. The van der Waals surface area contributed by atoms with Crippen LogP contribution in [-0.4, -0.2) is 19.1 Å². The van der Waals surface area contributed by atoms with Gasteiger partial charge in [0, 0.05) is 13.2 Å². The summed E-state index contributed by atoms with van der Waals surface area (Å²) in [5.41, 5.74) is 0.843. The fourth-order valence-corrected chi connectivity index (χ4v) is 2.03. The Kier molecular flexibility index (Phi) is 3.28. The van der Waals surface area contributed by atoms with E-state index in [0.717, 1.165) is 18.4 Å². The Morgan fingerprint density at radius 2 is 2.12 bits per heavy atom. The highest BCUT2D eigenvalue weighted by atomic mass is 16.6. The number of nitro groups is 1. The van der Waals surface area contributed by atoms with Crippen LogP contribution in [0.15, 0.2) is 18.2 Å². The van der Waals surface area contributed by atoms with Crippen LogP contribution in [0.5, 0.6) is 5.75 Å². The molecule has 5 heteroatoms. The molecule has 1 fully saturated rings. The SMILES string of the molecule is COc1ccc(C(OC)C2CC2)cc1[N+](=O)[O-].